The molecule has 2 amide bonds. The number of primary sulfonamides is 1. The molecule has 0 aliphatic rings. The maximum atomic E-state index is 11.5. The van der Waals surface area contributed by atoms with Crippen LogP contribution in [0, 0.1) is 0 Å². The Morgan fingerprint density at radius 1 is 1.10 bits per heavy atom. The normalized spacial score (nSPS) is 11.3. The van der Waals surface area contributed by atoms with Crippen molar-refractivity contribution >= 4 is 27.4 Å². The van der Waals surface area contributed by atoms with Gasteiger partial charge in [-0.2, -0.15) is 0 Å². The minimum Gasteiger partial charge on any atom is -0.497 e. The number of primary amides is 1. The molecule has 3 rings (SSSR count). The monoisotopic (exact) mass is 433 g/mol. The van der Waals surface area contributed by atoms with Gasteiger partial charge in [-0.25, -0.2) is 23.4 Å². The number of urea groups is 1. The standard InChI is InChI=1S/C19H19N3O5S2/c1-27-14-6-2-13(3-7-14)18-16(11-28-17(18)10-22(24)19(20)23)12-4-8-15(9-5-12)29(21,25)26/h2-9,11,24H,10H2,1H3,(H2,20,23)(H2,21,25,26). The first-order chi connectivity index (χ1) is 13.7. The fourth-order valence-corrected chi connectivity index (χ4v) is 4.41. The Bertz CT molecular complexity index is 1120. The first kappa shape index (κ1) is 20.8. The molecule has 29 heavy (non-hydrogen) atoms. The average Bonchev–Trinajstić information content (AvgIpc) is 3.10. The Labute approximate surface area is 172 Å². The van der Waals surface area contributed by atoms with E-state index in [4.69, 9.17) is 15.6 Å². The molecule has 8 nitrogen and oxygen atoms in total. The minimum absolute atomic E-state index is 0.0120. The van der Waals surface area contributed by atoms with Gasteiger partial charge in [-0.1, -0.05) is 24.3 Å². The molecular formula is C19H19N3O5S2. The van der Waals surface area contributed by atoms with Crippen molar-refractivity contribution in [1.82, 2.24) is 5.06 Å². The molecule has 0 fully saturated rings. The SMILES string of the molecule is COc1ccc(-c2c(-c3ccc(S(N)(=O)=O)cc3)csc2CN(O)C(N)=O)cc1. The molecule has 0 spiro atoms. The number of amides is 2. The van der Waals surface area contributed by atoms with Gasteiger partial charge in [0.15, 0.2) is 0 Å². The molecule has 0 saturated heterocycles. The third-order valence-electron chi connectivity index (χ3n) is 4.29. The van der Waals surface area contributed by atoms with Crippen molar-refractivity contribution in [3.8, 4) is 28.0 Å². The fraction of sp³-hybridized carbons (Fsp3) is 0.105. The molecule has 1 aromatic heterocycles. The summed E-state index contributed by atoms with van der Waals surface area (Å²) in [6, 6.07) is 12.5. The van der Waals surface area contributed by atoms with Crippen molar-refractivity contribution in [2.24, 2.45) is 10.9 Å². The van der Waals surface area contributed by atoms with Crippen molar-refractivity contribution in [3.63, 3.8) is 0 Å². The number of hydrogen-bond donors (Lipinski definition) is 3. The zero-order valence-electron chi connectivity index (χ0n) is 15.4. The predicted octanol–water partition coefficient (Wildman–Crippen LogP) is 3.01. The van der Waals surface area contributed by atoms with Gasteiger partial charge in [-0.3, -0.25) is 5.21 Å². The van der Waals surface area contributed by atoms with Crippen LogP contribution in [0.4, 0.5) is 4.79 Å². The van der Waals surface area contributed by atoms with Crippen molar-refractivity contribution in [3.05, 3.63) is 58.8 Å². The molecule has 0 atom stereocenters. The predicted molar refractivity (Wildman–Crippen MR) is 110 cm³/mol. The van der Waals surface area contributed by atoms with E-state index >= 15 is 0 Å². The van der Waals surface area contributed by atoms with Gasteiger partial charge in [0.2, 0.25) is 10.0 Å². The van der Waals surface area contributed by atoms with Gasteiger partial charge >= 0.3 is 6.03 Å². The summed E-state index contributed by atoms with van der Waals surface area (Å²) in [4.78, 5) is 12.0. The molecule has 0 aliphatic heterocycles. The number of thiophene rings is 1. The molecule has 0 saturated carbocycles. The van der Waals surface area contributed by atoms with Gasteiger partial charge in [0.05, 0.1) is 18.6 Å². The summed E-state index contributed by atoms with van der Waals surface area (Å²) in [5.74, 6) is 0.686. The van der Waals surface area contributed by atoms with E-state index in [2.05, 4.69) is 0 Å². The first-order valence-corrected chi connectivity index (χ1v) is 10.8. The lowest BCUT2D eigenvalue weighted by molar-refractivity contribution is -0.0461. The molecule has 0 radical (unpaired) electrons. The first-order valence-electron chi connectivity index (χ1n) is 8.34. The molecule has 1 heterocycles. The highest BCUT2D eigenvalue weighted by Gasteiger charge is 2.19. The average molecular weight is 434 g/mol. The number of hydroxylamine groups is 2. The number of sulfonamides is 1. The molecule has 2 aromatic carbocycles. The summed E-state index contributed by atoms with van der Waals surface area (Å²) in [5.41, 5.74) is 8.35. The van der Waals surface area contributed by atoms with Crippen LogP contribution in [0.1, 0.15) is 4.88 Å². The van der Waals surface area contributed by atoms with Crippen LogP contribution in [0.5, 0.6) is 5.75 Å². The topological polar surface area (TPSA) is 136 Å². The van der Waals surface area contributed by atoms with Crippen LogP contribution >= 0.6 is 11.3 Å². The van der Waals surface area contributed by atoms with Crippen LogP contribution in [0.2, 0.25) is 0 Å². The maximum Gasteiger partial charge on any atom is 0.338 e. The van der Waals surface area contributed by atoms with E-state index in [9.17, 15) is 18.4 Å². The number of benzene rings is 2. The molecule has 0 bridgehead atoms. The van der Waals surface area contributed by atoms with Crippen LogP contribution in [0.15, 0.2) is 58.8 Å². The second-order valence-electron chi connectivity index (χ2n) is 6.14. The second kappa shape index (κ2) is 8.21. The number of nitrogens with two attached hydrogens (primary N) is 2. The zero-order valence-corrected chi connectivity index (χ0v) is 17.0. The summed E-state index contributed by atoms with van der Waals surface area (Å²) < 4.78 is 28.2. The zero-order chi connectivity index (χ0) is 21.2. The fourth-order valence-electron chi connectivity index (χ4n) is 2.84. The van der Waals surface area contributed by atoms with Crippen molar-refractivity contribution in [2.75, 3.05) is 7.11 Å². The number of nitrogens with zero attached hydrogens (tertiary/aromatic N) is 1. The molecule has 152 valence electrons. The van der Waals surface area contributed by atoms with Gasteiger partial charge in [-0.05, 0) is 40.8 Å². The quantitative estimate of drug-likeness (QED) is 0.405. The molecule has 5 N–H and O–H groups in total. The third-order valence-corrected chi connectivity index (χ3v) is 6.19. The number of carbonyl (C=O) groups is 1. The third kappa shape index (κ3) is 4.57. The smallest absolute Gasteiger partial charge is 0.338 e. The van der Waals surface area contributed by atoms with Crippen LogP contribution in [-0.2, 0) is 16.6 Å². The molecule has 10 heteroatoms. The highest BCUT2D eigenvalue weighted by atomic mass is 32.2. The lowest BCUT2D eigenvalue weighted by atomic mass is 9.96. The van der Waals surface area contributed by atoms with Gasteiger partial charge in [0.1, 0.15) is 5.75 Å². The Morgan fingerprint density at radius 2 is 1.69 bits per heavy atom. The van der Waals surface area contributed by atoms with Gasteiger partial charge in [-0.15, -0.1) is 11.3 Å². The lowest BCUT2D eigenvalue weighted by Crippen LogP contribution is -2.31. The number of methoxy groups -OCH3 is 1. The van der Waals surface area contributed by atoms with E-state index in [-0.39, 0.29) is 11.4 Å². The minimum atomic E-state index is -3.79. The van der Waals surface area contributed by atoms with E-state index in [1.54, 1.807) is 31.4 Å². The summed E-state index contributed by atoms with van der Waals surface area (Å²) in [6.07, 6.45) is 0. The van der Waals surface area contributed by atoms with E-state index in [1.807, 2.05) is 17.5 Å². The maximum absolute atomic E-state index is 11.5. The highest BCUT2D eigenvalue weighted by molar-refractivity contribution is 7.89. The Balaban J connectivity index is 2.11. The summed E-state index contributed by atoms with van der Waals surface area (Å²) in [6.45, 7) is -0.0867. The number of ether oxygens (including phenoxy) is 1. The molecule has 0 unspecified atom stereocenters. The summed E-state index contributed by atoms with van der Waals surface area (Å²) in [5, 5.41) is 17.3. The van der Waals surface area contributed by atoms with Crippen molar-refractivity contribution < 1.29 is 23.2 Å². The summed E-state index contributed by atoms with van der Waals surface area (Å²) >= 11 is 1.35. The molecular weight excluding hydrogens is 414 g/mol. The lowest BCUT2D eigenvalue weighted by Gasteiger charge is -2.14. The number of carbonyl (C=O) groups excluding carboxylic acids is 1. The van der Waals surface area contributed by atoms with Gasteiger partial charge in [0.25, 0.3) is 0 Å². The van der Waals surface area contributed by atoms with E-state index in [0.29, 0.717) is 15.7 Å². The van der Waals surface area contributed by atoms with E-state index in [0.717, 1.165) is 22.3 Å². The summed E-state index contributed by atoms with van der Waals surface area (Å²) in [7, 11) is -2.22. The second-order valence-corrected chi connectivity index (χ2v) is 8.67. The number of rotatable bonds is 6. The van der Waals surface area contributed by atoms with Crippen LogP contribution in [-0.4, -0.2) is 31.8 Å². The molecule has 3 aromatic rings. The van der Waals surface area contributed by atoms with E-state index < -0.39 is 16.1 Å². The van der Waals surface area contributed by atoms with Crippen molar-refractivity contribution in [1.29, 1.82) is 0 Å². The van der Waals surface area contributed by atoms with E-state index in [1.165, 1.54) is 23.5 Å². The Morgan fingerprint density at radius 3 is 2.21 bits per heavy atom. The van der Waals surface area contributed by atoms with Crippen LogP contribution in [0.25, 0.3) is 22.3 Å². The highest BCUT2D eigenvalue weighted by Crippen LogP contribution is 2.40. The van der Waals surface area contributed by atoms with Crippen LogP contribution < -0.4 is 15.6 Å². The Hall–Kier alpha value is -2.92. The largest absolute Gasteiger partial charge is 0.497 e. The Kier molecular flexibility index (Phi) is 5.89. The van der Waals surface area contributed by atoms with Gasteiger partial charge in [0, 0.05) is 16.0 Å². The van der Waals surface area contributed by atoms with Crippen molar-refractivity contribution in [2.45, 2.75) is 11.4 Å². The van der Waals surface area contributed by atoms with Crippen LogP contribution in [0.3, 0.4) is 0 Å². The van der Waals surface area contributed by atoms with Gasteiger partial charge < -0.3 is 10.5 Å². The number of hydrogen-bond acceptors (Lipinski definition) is 6. The molecule has 0 aliphatic carbocycles.